The normalized spacial score (nSPS) is 12.9. The molecule has 5 rings (SSSR count). The van der Waals surface area contributed by atoms with Crippen LogP contribution in [0.4, 0.5) is 16.3 Å². The molecule has 4 aromatic rings. The average molecular weight is 669 g/mol. The van der Waals surface area contributed by atoms with Crippen LogP contribution >= 0.6 is 0 Å². The predicted molar refractivity (Wildman–Crippen MR) is 191 cm³/mol. The first-order valence-electron chi connectivity index (χ1n) is 17.0. The van der Waals surface area contributed by atoms with Crippen molar-refractivity contribution in [2.45, 2.75) is 65.3 Å². The summed E-state index contributed by atoms with van der Waals surface area (Å²) in [6, 6.07) is 24.3. The first-order valence-corrected chi connectivity index (χ1v) is 17.0. The molecule has 1 fully saturated rings. The van der Waals surface area contributed by atoms with E-state index in [2.05, 4.69) is 46.7 Å². The minimum absolute atomic E-state index is 0.208. The Morgan fingerprint density at radius 1 is 0.857 bits per heavy atom. The molecule has 11 nitrogen and oxygen atoms in total. The second kappa shape index (κ2) is 18.0. The molecule has 0 spiro atoms. The highest BCUT2D eigenvalue weighted by molar-refractivity contribution is 5.88. The van der Waals surface area contributed by atoms with Crippen molar-refractivity contribution < 1.29 is 24.1 Å². The van der Waals surface area contributed by atoms with Crippen LogP contribution in [0.2, 0.25) is 0 Å². The van der Waals surface area contributed by atoms with Gasteiger partial charge in [-0.3, -0.25) is 10.2 Å². The highest BCUT2D eigenvalue weighted by Gasteiger charge is 2.23. The second-order valence-corrected chi connectivity index (χ2v) is 12.2. The lowest BCUT2D eigenvalue weighted by Crippen LogP contribution is -2.27. The summed E-state index contributed by atoms with van der Waals surface area (Å²) < 4.78 is 16.8. The first kappa shape index (κ1) is 35.4. The fraction of sp³-hybridized carbons (Fsp3) is 0.395. The molecule has 260 valence electrons. The third kappa shape index (κ3) is 10.3. The van der Waals surface area contributed by atoms with Gasteiger partial charge in [-0.25, -0.2) is 4.79 Å². The van der Waals surface area contributed by atoms with E-state index in [4.69, 9.17) is 24.2 Å². The Kier molecular flexibility index (Phi) is 13.1. The smallest absolute Gasteiger partial charge is 0.409 e. The molecule has 11 heteroatoms. The molecule has 0 atom stereocenters. The Morgan fingerprint density at radius 2 is 1.47 bits per heavy atom. The summed E-state index contributed by atoms with van der Waals surface area (Å²) in [4.78, 5) is 26.4. The zero-order valence-electron chi connectivity index (χ0n) is 28.8. The number of likely N-dealkylation sites (tertiary alicyclic amines) is 1. The number of rotatable bonds is 18. The Morgan fingerprint density at radius 3 is 2.04 bits per heavy atom. The molecule has 0 aliphatic carbocycles. The van der Waals surface area contributed by atoms with Crippen LogP contribution in [0.3, 0.4) is 0 Å². The van der Waals surface area contributed by atoms with E-state index in [-0.39, 0.29) is 6.01 Å². The first-order chi connectivity index (χ1) is 23.9. The van der Waals surface area contributed by atoms with E-state index in [1.54, 1.807) is 14.2 Å². The highest BCUT2D eigenvalue weighted by Crippen LogP contribution is 2.32. The van der Waals surface area contributed by atoms with Crippen molar-refractivity contribution in [1.82, 2.24) is 20.2 Å². The molecule has 49 heavy (non-hydrogen) atoms. The number of nitrogens with one attached hydrogen (secondary N) is 2. The summed E-state index contributed by atoms with van der Waals surface area (Å²) in [6.45, 7) is 7.49. The van der Waals surface area contributed by atoms with Gasteiger partial charge in [0.1, 0.15) is 17.2 Å². The number of benzene rings is 3. The lowest BCUT2D eigenvalue weighted by Gasteiger charge is -2.28. The maximum Gasteiger partial charge on any atom is 0.409 e. The Labute approximate surface area is 289 Å². The highest BCUT2D eigenvalue weighted by atomic mass is 16.5. The van der Waals surface area contributed by atoms with Gasteiger partial charge in [0.05, 0.1) is 26.5 Å². The second-order valence-electron chi connectivity index (χ2n) is 12.2. The number of anilines is 2. The number of unbranched alkanes of at least 4 members (excludes halogenated alkanes) is 1. The molecular weight excluding hydrogens is 620 g/mol. The number of nitrogens with zero attached hydrogens (tertiary/aromatic N) is 4. The molecule has 3 N–H and O–H groups in total. The number of amides is 1. The van der Waals surface area contributed by atoms with E-state index >= 15 is 0 Å². The molecule has 1 aromatic heterocycles. The van der Waals surface area contributed by atoms with Gasteiger partial charge in [-0.15, -0.1) is 0 Å². The van der Waals surface area contributed by atoms with Gasteiger partial charge in [-0.05, 0) is 78.9 Å². The maximum absolute atomic E-state index is 12.3. The molecule has 3 aromatic carbocycles. The van der Waals surface area contributed by atoms with Crippen molar-refractivity contribution in [2.75, 3.05) is 44.1 Å². The Balaban J connectivity index is 1.49. The van der Waals surface area contributed by atoms with Crippen LogP contribution in [0, 0.1) is 0 Å². The third-order valence-corrected chi connectivity index (χ3v) is 8.59. The Bertz CT molecular complexity index is 1580. The van der Waals surface area contributed by atoms with Gasteiger partial charge < -0.3 is 29.5 Å². The number of methoxy groups -OCH3 is 2. The summed E-state index contributed by atoms with van der Waals surface area (Å²) in [6.07, 6.45) is 3.09. The number of aromatic nitrogens is 2. The lowest BCUT2D eigenvalue weighted by molar-refractivity contribution is 0.209. The third-order valence-electron chi connectivity index (χ3n) is 8.59. The zero-order valence-corrected chi connectivity index (χ0v) is 28.8. The van der Waals surface area contributed by atoms with Gasteiger partial charge in [0, 0.05) is 32.7 Å². The molecule has 2 heterocycles. The van der Waals surface area contributed by atoms with Crippen molar-refractivity contribution in [1.29, 1.82) is 0 Å². The maximum atomic E-state index is 12.3. The van der Waals surface area contributed by atoms with Crippen molar-refractivity contribution >= 4 is 17.6 Å². The molecule has 1 saturated heterocycles. The van der Waals surface area contributed by atoms with Gasteiger partial charge in [-0.2, -0.15) is 9.97 Å². The number of hydrogen-bond acceptors (Lipinski definition) is 9. The van der Waals surface area contributed by atoms with Gasteiger partial charge in [0.2, 0.25) is 0 Å². The molecular formula is C38H48N6O5. The van der Waals surface area contributed by atoms with Crippen LogP contribution in [-0.4, -0.2) is 60.0 Å². The van der Waals surface area contributed by atoms with Crippen molar-refractivity contribution in [2.24, 2.45) is 0 Å². The fourth-order valence-electron chi connectivity index (χ4n) is 5.93. The summed E-state index contributed by atoms with van der Waals surface area (Å²) in [5, 5.41) is 16.2. The molecule has 0 saturated carbocycles. The molecule has 1 aliphatic rings. The average Bonchev–Trinajstić information content (AvgIpc) is 3.63. The van der Waals surface area contributed by atoms with Gasteiger partial charge in [-0.1, -0.05) is 61.9 Å². The quantitative estimate of drug-likeness (QED) is 0.0971. The van der Waals surface area contributed by atoms with E-state index in [9.17, 15) is 9.90 Å². The van der Waals surface area contributed by atoms with Gasteiger partial charge >= 0.3 is 12.1 Å². The van der Waals surface area contributed by atoms with E-state index in [0.29, 0.717) is 50.0 Å². The van der Waals surface area contributed by atoms with E-state index in [1.165, 1.54) is 24.0 Å². The van der Waals surface area contributed by atoms with Crippen molar-refractivity contribution in [3.05, 3.63) is 101 Å². The fourth-order valence-corrected chi connectivity index (χ4v) is 5.93. The van der Waals surface area contributed by atoms with Crippen LogP contribution in [0.25, 0.3) is 0 Å². The summed E-state index contributed by atoms with van der Waals surface area (Å²) in [5.41, 5.74) is 5.31. The monoisotopic (exact) mass is 668 g/mol. The summed E-state index contributed by atoms with van der Waals surface area (Å²) >= 11 is 0. The number of hydrogen-bond donors (Lipinski definition) is 3. The van der Waals surface area contributed by atoms with Crippen LogP contribution < -0.4 is 29.7 Å². The zero-order chi connectivity index (χ0) is 34.4. The van der Waals surface area contributed by atoms with Crippen molar-refractivity contribution in [3.63, 3.8) is 0 Å². The predicted octanol–water partition coefficient (Wildman–Crippen LogP) is 6.86. The van der Waals surface area contributed by atoms with Crippen molar-refractivity contribution in [3.8, 4) is 17.5 Å². The largest absolute Gasteiger partial charge is 0.497 e. The lowest BCUT2D eigenvalue weighted by atomic mass is 10.1. The van der Waals surface area contributed by atoms with E-state index in [1.807, 2.05) is 53.4 Å². The SMILES string of the molecule is CCCCOc1nc(CNCc2ccccc2CN2CCCC2)c(NC(=O)O)c(N(Cc2ccc(OC)cc2)Cc2ccc(OC)cc2)n1. The standard InChI is InChI=1S/C38H48N6O5/c1-4-5-22-49-37-40-34(24-39-23-30-10-6-7-11-31(30)27-43-20-8-9-21-43)35(41-38(45)46)36(42-37)44(25-28-12-16-32(47-2)17-13-28)26-29-14-18-33(48-3)19-15-29/h6-7,10-19,39,41H,4-5,8-9,20-27H2,1-3H3,(H,45,46). The summed E-state index contributed by atoms with van der Waals surface area (Å²) in [7, 11) is 3.27. The van der Waals surface area contributed by atoms with Crippen LogP contribution in [0.5, 0.6) is 17.5 Å². The van der Waals surface area contributed by atoms with E-state index in [0.717, 1.165) is 55.1 Å². The molecule has 0 radical (unpaired) electrons. The number of carbonyl (C=O) groups is 1. The number of ether oxygens (including phenoxy) is 3. The van der Waals surface area contributed by atoms with Crippen LogP contribution in [0.1, 0.15) is 60.6 Å². The van der Waals surface area contributed by atoms with Gasteiger partial charge in [0.25, 0.3) is 0 Å². The molecule has 1 aliphatic heterocycles. The van der Waals surface area contributed by atoms with E-state index < -0.39 is 6.09 Å². The minimum atomic E-state index is -1.20. The molecule has 1 amide bonds. The van der Waals surface area contributed by atoms with Crippen LogP contribution in [0.15, 0.2) is 72.8 Å². The number of carboxylic acid groups (broad SMARTS) is 1. The van der Waals surface area contributed by atoms with Gasteiger partial charge in [0.15, 0.2) is 5.82 Å². The minimum Gasteiger partial charge on any atom is -0.497 e. The molecule has 0 unspecified atom stereocenters. The molecule has 0 bridgehead atoms. The topological polar surface area (TPSA) is 121 Å². The summed E-state index contributed by atoms with van der Waals surface area (Å²) in [5.74, 6) is 1.94. The van der Waals surface area contributed by atoms with Crippen LogP contribution in [-0.2, 0) is 32.7 Å². The Hall–Kier alpha value is -4.87.